The van der Waals surface area contributed by atoms with Crippen molar-refractivity contribution in [2.24, 2.45) is 0 Å². The number of nitrogens with one attached hydrogen (secondary N) is 2. The molecule has 0 aromatic heterocycles. The summed E-state index contributed by atoms with van der Waals surface area (Å²) >= 11 is 0. The number of hydrogen-bond acceptors (Lipinski definition) is 6. The number of carboxylic acid groups (broad SMARTS) is 1. The lowest BCUT2D eigenvalue weighted by Gasteiger charge is -2.26. The van der Waals surface area contributed by atoms with E-state index in [9.17, 15) is 24.3 Å². The van der Waals surface area contributed by atoms with Crippen LogP contribution in [0, 0.1) is 10.1 Å². The van der Waals surface area contributed by atoms with Gasteiger partial charge >= 0.3 is 11.9 Å². The van der Waals surface area contributed by atoms with Crippen molar-refractivity contribution in [3.05, 3.63) is 34.4 Å². The fourth-order valence-corrected chi connectivity index (χ4v) is 4.21. The first kappa shape index (κ1) is 21.8. The van der Waals surface area contributed by atoms with Gasteiger partial charge in [0.2, 0.25) is 7.44 Å². The van der Waals surface area contributed by atoms with Crippen molar-refractivity contribution in [2.45, 2.75) is 45.9 Å². The zero-order valence-electron chi connectivity index (χ0n) is 14.8. The molecule has 1 aromatic rings. The molecule has 11 heteroatoms. The van der Waals surface area contributed by atoms with E-state index in [1.807, 2.05) is 0 Å². The Labute approximate surface area is 150 Å². The lowest BCUT2D eigenvalue weighted by Crippen LogP contribution is -2.44. The topological polar surface area (TPSA) is 148 Å². The van der Waals surface area contributed by atoms with Gasteiger partial charge in [0.05, 0.1) is 11.0 Å². The number of esters is 1. The Hall–Kier alpha value is -2.29. The lowest BCUT2D eigenvalue weighted by molar-refractivity contribution is -0.384. The third kappa shape index (κ3) is 5.91. The Balaban J connectivity index is 3.17. The number of rotatable bonds is 9. The summed E-state index contributed by atoms with van der Waals surface area (Å²) < 4.78 is 18.4. The number of ether oxygens (including phenoxy) is 1. The summed E-state index contributed by atoms with van der Waals surface area (Å²) in [4.78, 5) is 33.3. The van der Waals surface area contributed by atoms with Crippen LogP contribution in [0.4, 0.5) is 5.69 Å². The van der Waals surface area contributed by atoms with E-state index in [1.54, 1.807) is 13.8 Å². The van der Waals surface area contributed by atoms with Crippen LogP contribution in [0.1, 0.15) is 27.7 Å². The molecule has 144 valence electrons. The van der Waals surface area contributed by atoms with Gasteiger partial charge in [-0.1, -0.05) is 0 Å². The highest BCUT2D eigenvalue weighted by Gasteiger charge is 2.33. The van der Waals surface area contributed by atoms with E-state index in [0.29, 0.717) is 0 Å². The molecule has 1 rings (SSSR count). The number of nitrogens with zero attached hydrogens (tertiary/aromatic N) is 1. The van der Waals surface area contributed by atoms with Crippen molar-refractivity contribution in [1.29, 1.82) is 0 Å². The molecule has 0 aliphatic heterocycles. The van der Waals surface area contributed by atoms with Crippen LogP contribution in [0.5, 0.6) is 0 Å². The quantitative estimate of drug-likeness (QED) is 0.247. The van der Waals surface area contributed by atoms with Crippen molar-refractivity contribution < 1.29 is 28.9 Å². The van der Waals surface area contributed by atoms with Gasteiger partial charge in [0.15, 0.2) is 0 Å². The maximum Gasteiger partial charge on any atom is 0.323 e. The predicted molar refractivity (Wildman–Crippen MR) is 94.4 cm³/mol. The monoisotopic (exact) mass is 387 g/mol. The van der Waals surface area contributed by atoms with E-state index < -0.39 is 36.4 Å². The van der Waals surface area contributed by atoms with Crippen LogP contribution in [-0.2, 0) is 18.9 Å². The number of non-ortho nitro benzene ring substituents is 1. The van der Waals surface area contributed by atoms with E-state index in [4.69, 9.17) is 9.84 Å². The predicted octanol–water partition coefficient (Wildman–Crippen LogP) is 1.41. The summed E-state index contributed by atoms with van der Waals surface area (Å²) in [6, 6.07) is 2.58. The van der Waals surface area contributed by atoms with Gasteiger partial charge in [0.1, 0.15) is 12.1 Å². The highest BCUT2D eigenvalue weighted by molar-refractivity contribution is 7.67. The molecular weight excluding hydrogens is 365 g/mol. The van der Waals surface area contributed by atoms with Gasteiger partial charge < -0.3 is 9.84 Å². The second-order valence-electron chi connectivity index (χ2n) is 5.91. The zero-order valence-corrected chi connectivity index (χ0v) is 15.7. The van der Waals surface area contributed by atoms with Gasteiger partial charge in [-0.05, 0) is 39.8 Å². The molecule has 10 nitrogen and oxygen atoms in total. The van der Waals surface area contributed by atoms with Crippen molar-refractivity contribution in [3.8, 4) is 0 Å². The maximum absolute atomic E-state index is 13.3. The Morgan fingerprint density at radius 2 is 1.62 bits per heavy atom. The van der Waals surface area contributed by atoms with E-state index in [1.165, 1.54) is 26.0 Å². The Morgan fingerprint density at radius 1 is 1.12 bits per heavy atom. The SMILES string of the molecule is CC(C)OC(=O)C(C)NP(=O)(NC(C)C(=O)O)c1ccc([N+](=O)[O-])cc1. The Bertz CT molecular complexity index is 720. The largest absolute Gasteiger partial charge is 0.480 e. The van der Waals surface area contributed by atoms with Gasteiger partial charge in [0.25, 0.3) is 5.69 Å². The van der Waals surface area contributed by atoms with Gasteiger partial charge in [-0.25, -0.2) is 10.2 Å². The second kappa shape index (κ2) is 8.88. The summed E-state index contributed by atoms with van der Waals surface area (Å²) in [5.74, 6) is -1.90. The number of nitro groups is 1. The van der Waals surface area contributed by atoms with Crippen LogP contribution in [-0.4, -0.2) is 40.2 Å². The molecule has 3 unspecified atom stereocenters. The van der Waals surface area contributed by atoms with E-state index in [2.05, 4.69) is 10.2 Å². The summed E-state index contributed by atoms with van der Waals surface area (Å²) in [6.07, 6.45) is -0.378. The number of hydrogen-bond donors (Lipinski definition) is 3. The van der Waals surface area contributed by atoms with Crippen LogP contribution in [0.15, 0.2) is 24.3 Å². The number of carbonyl (C=O) groups is 2. The van der Waals surface area contributed by atoms with Crippen LogP contribution in [0.2, 0.25) is 0 Å². The fourth-order valence-electron chi connectivity index (χ4n) is 1.96. The molecular formula is C15H22N3O7P. The van der Waals surface area contributed by atoms with Crippen LogP contribution in [0.25, 0.3) is 0 Å². The minimum atomic E-state index is -3.79. The molecule has 0 heterocycles. The molecule has 0 aliphatic carbocycles. The molecule has 0 saturated heterocycles. The van der Waals surface area contributed by atoms with Crippen LogP contribution >= 0.6 is 7.44 Å². The number of benzene rings is 1. The molecule has 3 N–H and O–H groups in total. The van der Waals surface area contributed by atoms with Crippen molar-refractivity contribution in [3.63, 3.8) is 0 Å². The third-order valence-corrected chi connectivity index (χ3v) is 5.78. The maximum atomic E-state index is 13.3. The molecule has 0 saturated carbocycles. The average molecular weight is 387 g/mol. The molecule has 0 amide bonds. The van der Waals surface area contributed by atoms with Crippen molar-refractivity contribution in [2.75, 3.05) is 0 Å². The first-order valence-corrected chi connectivity index (χ1v) is 9.51. The summed E-state index contributed by atoms with van der Waals surface area (Å²) in [6.45, 7) is 6.03. The highest BCUT2D eigenvalue weighted by Crippen LogP contribution is 2.37. The molecule has 0 fully saturated rings. The van der Waals surface area contributed by atoms with Gasteiger partial charge in [-0.15, -0.1) is 0 Å². The molecule has 1 aromatic carbocycles. The number of carboxylic acids is 1. The van der Waals surface area contributed by atoms with E-state index >= 15 is 0 Å². The third-order valence-electron chi connectivity index (χ3n) is 3.25. The minimum absolute atomic E-state index is 0.0976. The molecule has 0 spiro atoms. The lowest BCUT2D eigenvalue weighted by atomic mass is 10.3. The minimum Gasteiger partial charge on any atom is -0.480 e. The van der Waals surface area contributed by atoms with E-state index in [-0.39, 0.29) is 17.1 Å². The zero-order chi connectivity index (χ0) is 20.1. The normalized spacial score (nSPS) is 15.7. The summed E-state index contributed by atoms with van der Waals surface area (Å²) in [7, 11) is -3.79. The molecule has 0 aliphatic rings. The fraction of sp³-hybridized carbons (Fsp3) is 0.467. The molecule has 0 bridgehead atoms. The van der Waals surface area contributed by atoms with Crippen LogP contribution in [0.3, 0.4) is 0 Å². The van der Waals surface area contributed by atoms with Gasteiger partial charge in [-0.2, -0.15) is 0 Å². The summed E-state index contributed by atoms with van der Waals surface area (Å²) in [5.41, 5.74) is -0.209. The van der Waals surface area contributed by atoms with E-state index in [0.717, 1.165) is 12.1 Å². The first-order chi connectivity index (χ1) is 12.0. The standard InChI is InChI=1S/C15H22N3O7P/c1-9(2)25-15(21)11(4)17-26(24,16-10(3)14(19)20)13-7-5-12(6-8-13)18(22)23/h5-11H,1-4H3,(H,19,20)(H2,16,17,24). The number of nitro benzene ring substituents is 1. The Kier molecular flexibility index (Phi) is 7.43. The number of aliphatic carboxylic acids is 1. The Morgan fingerprint density at radius 3 is 2.04 bits per heavy atom. The molecule has 0 radical (unpaired) electrons. The second-order valence-corrected chi connectivity index (χ2v) is 8.16. The smallest absolute Gasteiger partial charge is 0.323 e. The van der Waals surface area contributed by atoms with Crippen molar-refractivity contribution in [1.82, 2.24) is 10.2 Å². The van der Waals surface area contributed by atoms with Crippen LogP contribution < -0.4 is 15.5 Å². The molecule has 26 heavy (non-hydrogen) atoms. The first-order valence-electron chi connectivity index (χ1n) is 7.80. The van der Waals surface area contributed by atoms with Gasteiger partial charge in [0, 0.05) is 17.4 Å². The highest BCUT2D eigenvalue weighted by atomic mass is 31.2. The number of carbonyl (C=O) groups excluding carboxylic acids is 1. The summed E-state index contributed by atoms with van der Waals surface area (Å²) in [5, 5.41) is 25.0. The molecule has 3 atom stereocenters. The average Bonchev–Trinajstić information content (AvgIpc) is 2.53. The van der Waals surface area contributed by atoms with Gasteiger partial charge in [-0.3, -0.25) is 24.3 Å². The van der Waals surface area contributed by atoms with Crippen molar-refractivity contribution >= 4 is 30.4 Å².